The number of carboxylic acids is 1. The first kappa shape index (κ1) is 20.7. The third-order valence-electron chi connectivity index (χ3n) is 4.42. The molecule has 2 heterocycles. The molecule has 0 unspecified atom stereocenters. The summed E-state index contributed by atoms with van der Waals surface area (Å²) in [5.74, 6) is -2.17. The Kier molecular flexibility index (Phi) is 6.63. The monoisotopic (exact) mass is 354 g/mol. The molecule has 24 heavy (non-hydrogen) atoms. The van der Waals surface area contributed by atoms with Crippen LogP contribution in [0.25, 0.3) is 0 Å². The van der Waals surface area contributed by atoms with Crippen LogP contribution < -0.4 is 5.32 Å². The number of aliphatic carboxylic acids is 1. The lowest BCUT2D eigenvalue weighted by Crippen LogP contribution is -2.65. The molecular weight excluding hydrogens is 329 g/mol. The number of nitrogens with one attached hydrogen (secondary N) is 1. The second kappa shape index (κ2) is 7.69. The minimum Gasteiger partial charge on any atom is -0.475 e. The molecule has 0 aromatic carbocycles. The zero-order valence-corrected chi connectivity index (χ0v) is 14.3. The lowest BCUT2D eigenvalue weighted by molar-refractivity contribution is -0.199. The van der Waals surface area contributed by atoms with E-state index in [2.05, 4.69) is 26.1 Å². The standard InChI is InChI=1S/C13H24N2O2.C2HF3O2/c1-9(2)15-8-13(17-11(4)12(15)16)5-6-14-7-10(13)3;3-2(4,5)1(6)7/h9-11,14H,5-8H2,1-4H3;(H,6,7)/t10-,11+,13-;/m0./s1. The van der Waals surface area contributed by atoms with Gasteiger partial charge in [-0.3, -0.25) is 4.79 Å². The van der Waals surface area contributed by atoms with E-state index in [1.165, 1.54) is 0 Å². The lowest BCUT2D eigenvalue weighted by atomic mass is 9.80. The number of amides is 1. The molecular formula is C15H25F3N2O4. The van der Waals surface area contributed by atoms with Gasteiger partial charge in [0.05, 0.1) is 12.1 Å². The summed E-state index contributed by atoms with van der Waals surface area (Å²) in [4.78, 5) is 23.0. The average Bonchev–Trinajstić information content (AvgIpc) is 2.45. The lowest BCUT2D eigenvalue weighted by Gasteiger charge is -2.51. The number of halogens is 3. The molecule has 0 bridgehead atoms. The van der Waals surface area contributed by atoms with Crippen molar-refractivity contribution in [2.75, 3.05) is 19.6 Å². The van der Waals surface area contributed by atoms with Gasteiger partial charge in [0.15, 0.2) is 0 Å². The Morgan fingerprint density at radius 1 is 1.42 bits per heavy atom. The van der Waals surface area contributed by atoms with Crippen molar-refractivity contribution in [3.05, 3.63) is 0 Å². The maximum atomic E-state index is 12.1. The Bertz CT molecular complexity index is 470. The second-order valence-electron chi connectivity index (χ2n) is 6.54. The summed E-state index contributed by atoms with van der Waals surface area (Å²) in [6.45, 7) is 11.0. The number of carbonyl (C=O) groups is 2. The molecule has 0 aliphatic carbocycles. The quantitative estimate of drug-likeness (QED) is 0.749. The van der Waals surface area contributed by atoms with Crippen LogP contribution in [-0.4, -0.2) is 65.4 Å². The molecule has 3 atom stereocenters. The molecule has 0 saturated carbocycles. The van der Waals surface area contributed by atoms with Crippen LogP contribution in [0.15, 0.2) is 0 Å². The highest BCUT2D eigenvalue weighted by Crippen LogP contribution is 2.35. The molecule has 1 amide bonds. The van der Waals surface area contributed by atoms with E-state index in [1.54, 1.807) is 0 Å². The van der Waals surface area contributed by atoms with E-state index in [9.17, 15) is 18.0 Å². The molecule has 2 rings (SSSR count). The molecule has 1 spiro atoms. The highest BCUT2D eigenvalue weighted by molar-refractivity contribution is 5.81. The molecule has 0 aromatic rings. The van der Waals surface area contributed by atoms with Crippen molar-refractivity contribution >= 4 is 11.9 Å². The Labute approximate surface area is 139 Å². The fourth-order valence-electron chi connectivity index (χ4n) is 2.94. The summed E-state index contributed by atoms with van der Waals surface area (Å²) in [7, 11) is 0. The summed E-state index contributed by atoms with van der Waals surface area (Å²) in [5.41, 5.74) is -0.136. The van der Waals surface area contributed by atoms with Crippen molar-refractivity contribution in [1.29, 1.82) is 0 Å². The molecule has 0 radical (unpaired) electrons. The van der Waals surface area contributed by atoms with Gasteiger partial charge in [0.2, 0.25) is 0 Å². The van der Waals surface area contributed by atoms with Crippen molar-refractivity contribution in [3.63, 3.8) is 0 Å². The highest BCUT2D eigenvalue weighted by Gasteiger charge is 2.48. The number of ether oxygens (including phenoxy) is 1. The van der Waals surface area contributed by atoms with E-state index in [0.29, 0.717) is 5.92 Å². The molecule has 2 saturated heterocycles. The summed E-state index contributed by atoms with van der Waals surface area (Å²) < 4.78 is 37.8. The molecule has 2 fully saturated rings. The van der Waals surface area contributed by atoms with Crippen LogP contribution in [0.2, 0.25) is 0 Å². The molecule has 6 nitrogen and oxygen atoms in total. The molecule has 140 valence electrons. The highest BCUT2D eigenvalue weighted by atomic mass is 19.4. The van der Waals surface area contributed by atoms with E-state index >= 15 is 0 Å². The number of nitrogens with zero attached hydrogens (tertiary/aromatic N) is 1. The first-order chi connectivity index (χ1) is 10.9. The summed E-state index contributed by atoms with van der Waals surface area (Å²) in [6, 6.07) is 0.257. The maximum absolute atomic E-state index is 12.1. The third-order valence-corrected chi connectivity index (χ3v) is 4.42. The fourth-order valence-corrected chi connectivity index (χ4v) is 2.94. The number of piperidine rings is 1. The Morgan fingerprint density at radius 3 is 2.38 bits per heavy atom. The first-order valence-electron chi connectivity index (χ1n) is 7.90. The van der Waals surface area contributed by atoms with Gasteiger partial charge in [-0.25, -0.2) is 4.79 Å². The first-order valence-corrected chi connectivity index (χ1v) is 7.90. The van der Waals surface area contributed by atoms with Crippen LogP contribution in [0.3, 0.4) is 0 Å². The van der Waals surface area contributed by atoms with Crippen LogP contribution in [0.5, 0.6) is 0 Å². The topological polar surface area (TPSA) is 78.9 Å². The van der Waals surface area contributed by atoms with Crippen molar-refractivity contribution < 1.29 is 32.6 Å². The largest absolute Gasteiger partial charge is 0.490 e. The van der Waals surface area contributed by atoms with Crippen molar-refractivity contribution in [3.8, 4) is 0 Å². The zero-order chi connectivity index (χ0) is 18.7. The maximum Gasteiger partial charge on any atom is 0.490 e. The predicted octanol–water partition coefficient (Wildman–Crippen LogP) is 1.64. The zero-order valence-electron chi connectivity index (χ0n) is 14.3. The number of hydrogen-bond donors (Lipinski definition) is 2. The van der Waals surface area contributed by atoms with Gasteiger partial charge in [0, 0.05) is 12.6 Å². The Balaban J connectivity index is 0.000000351. The van der Waals surface area contributed by atoms with E-state index in [4.69, 9.17) is 14.6 Å². The van der Waals surface area contributed by atoms with Crippen LogP contribution in [0.1, 0.15) is 34.1 Å². The fraction of sp³-hybridized carbons (Fsp3) is 0.867. The summed E-state index contributed by atoms with van der Waals surface area (Å²) >= 11 is 0. The van der Waals surface area contributed by atoms with Crippen LogP contribution >= 0.6 is 0 Å². The van der Waals surface area contributed by atoms with Crippen molar-refractivity contribution in [2.24, 2.45) is 5.92 Å². The summed E-state index contributed by atoms with van der Waals surface area (Å²) in [6.07, 6.45) is -4.39. The number of alkyl halides is 3. The molecule has 9 heteroatoms. The molecule has 2 N–H and O–H groups in total. The van der Waals surface area contributed by atoms with Gasteiger partial charge in [0.1, 0.15) is 6.10 Å². The van der Waals surface area contributed by atoms with Gasteiger partial charge in [-0.05, 0) is 39.7 Å². The minimum atomic E-state index is -5.08. The van der Waals surface area contributed by atoms with Crippen molar-refractivity contribution in [1.82, 2.24) is 10.2 Å². The Hall–Kier alpha value is -1.35. The Morgan fingerprint density at radius 2 is 1.96 bits per heavy atom. The second-order valence-corrected chi connectivity index (χ2v) is 6.54. The van der Waals surface area contributed by atoms with Gasteiger partial charge in [-0.15, -0.1) is 0 Å². The van der Waals surface area contributed by atoms with Crippen LogP contribution in [0.4, 0.5) is 13.2 Å². The molecule has 0 aromatic heterocycles. The molecule has 2 aliphatic heterocycles. The number of hydrogen-bond acceptors (Lipinski definition) is 4. The van der Waals surface area contributed by atoms with E-state index in [0.717, 1.165) is 26.1 Å². The predicted molar refractivity (Wildman–Crippen MR) is 80.5 cm³/mol. The van der Waals surface area contributed by atoms with Crippen LogP contribution in [-0.2, 0) is 14.3 Å². The van der Waals surface area contributed by atoms with Crippen LogP contribution in [0, 0.1) is 5.92 Å². The van der Waals surface area contributed by atoms with Gasteiger partial charge in [-0.2, -0.15) is 13.2 Å². The number of carbonyl (C=O) groups excluding carboxylic acids is 1. The van der Waals surface area contributed by atoms with Gasteiger partial charge >= 0.3 is 12.1 Å². The number of rotatable bonds is 1. The smallest absolute Gasteiger partial charge is 0.475 e. The summed E-state index contributed by atoms with van der Waals surface area (Å²) in [5, 5.41) is 10.5. The third kappa shape index (κ3) is 4.83. The van der Waals surface area contributed by atoms with E-state index in [1.807, 2.05) is 11.8 Å². The normalized spacial score (nSPS) is 31.0. The SMILES string of the molecule is CC(C)N1C[C@]2(CCNC[C@@H]2C)O[C@H](C)C1=O.O=C(O)C(F)(F)F. The molecule has 2 aliphatic rings. The van der Waals surface area contributed by atoms with E-state index in [-0.39, 0.29) is 23.7 Å². The number of morpholine rings is 1. The minimum absolute atomic E-state index is 0.136. The van der Waals surface area contributed by atoms with Crippen molar-refractivity contribution in [2.45, 2.75) is 58.0 Å². The van der Waals surface area contributed by atoms with Gasteiger partial charge < -0.3 is 20.1 Å². The number of carboxylic acid groups (broad SMARTS) is 1. The van der Waals surface area contributed by atoms with Gasteiger partial charge in [0.25, 0.3) is 5.91 Å². The average molecular weight is 354 g/mol. The van der Waals surface area contributed by atoms with Gasteiger partial charge in [-0.1, -0.05) is 6.92 Å². The van der Waals surface area contributed by atoms with E-state index < -0.39 is 12.1 Å².